The summed E-state index contributed by atoms with van der Waals surface area (Å²) in [5.41, 5.74) is 3.62. The molecule has 154 valence electrons. The Kier molecular flexibility index (Phi) is 6.89. The first-order valence-electron chi connectivity index (χ1n) is 9.31. The Morgan fingerprint density at radius 1 is 0.833 bits per heavy atom. The highest BCUT2D eigenvalue weighted by Crippen LogP contribution is 2.23. The van der Waals surface area contributed by atoms with Crippen LogP contribution in [0, 0.1) is 0 Å². The lowest BCUT2D eigenvalue weighted by Gasteiger charge is -2.13. The van der Waals surface area contributed by atoms with Gasteiger partial charge in [-0.25, -0.2) is 4.79 Å². The van der Waals surface area contributed by atoms with E-state index < -0.39 is 6.09 Å². The van der Waals surface area contributed by atoms with Crippen LogP contribution >= 0.6 is 0 Å². The number of anilines is 3. The van der Waals surface area contributed by atoms with Crippen LogP contribution in [-0.4, -0.2) is 26.2 Å². The Bertz CT molecular complexity index is 1000. The molecule has 0 atom stereocenters. The maximum Gasteiger partial charge on any atom is 0.411 e. The quantitative estimate of drug-likeness (QED) is 0.537. The van der Waals surface area contributed by atoms with Crippen molar-refractivity contribution < 1.29 is 19.1 Å². The summed E-state index contributed by atoms with van der Waals surface area (Å²) in [5, 5.41) is 8.77. The third-order valence-corrected chi connectivity index (χ3v) is 4.38. The minimum Gasteiger partial charge on any atom is -0.497 e. The summed E-state index contributed by atoms with van der Waals surface area (Å²) in [6.45, 7) is 0.355. The van der Waals surface area contributed by atoms with Crippen molar-refractivity contribution in [3.63, 3.8) is 0 Å². The van der Waals surface area contributed by atoms with Crippen LogP contribution in [0.5, 0.6) is 5.75 Å². The fourth-order valence-electron chi connectivity index (χ4n) is 2.77. The van der Waals surface area contributed by atoms with Gasteiger partial charge in [0.15, 0.2) is 0 Å². The lowest BCUT2D eigenvalue weighted by atomic mass is 10.1. The lowest BCUT2D eigenvalue weighted by Crippen LogP contribution is -2.23. The molecule has 0 fully saturated rings. The van der Waals surface area contributed by atoms with Gasteiger partial charge in [-0.3, -0.25) is 10.1 Å². The van der Waals surface area contributed by atoms with Gasteiger partial charge in [-0.05, 0) is 54.1 Å². The molecule has 3 aromatic rings. The van der Waals surface area contributed by atoms with Gasteiger partial charge in [0.1, 0.15) is 5.75 Å². The average Bonchev–Trinajstić information content (AvgIpc) is 2.79. The van der Waals surface area contributed by atoms with Crippen LogP contribution < -0.4 is 20.7 Å². The van der Waals surface area contributed by atoms with Crippen LogP contribution in [0.1, 0.15) is 15.9 Å². The van der Waals surface area contributed by atoms with E-state index >= 15 is 0 Å². The van der Waals surface area contributed by atoms with Gasteiger partial charge in [-0.15, -0.1) is 0 Å². The monoisotopic (exact) mass is 405 g/mol. The minimum atomic E-state index is -0.531. The summed E-state index contributed by atoms with van der Waals surface area (Å²) in [6, 6.07) is 21.9. The van der Waals surface area contributed by atoms with Gasteiger partial charge in [-0.2, -0.15) is 0 Å². The van der Waals surface area contributed by atoms with E-state index in [1.807, 2.05) is 54.6 Å². The van der Waals surface area contributed by atoms with E-state index in [-0.39, 0.29) is 5.91 Å². The number of methoxy groups -OCH3 is 2. The third-order valence-electron chi connectivity index (χ3n) is 4.38. The Morgan fingerprint density at radius 3 is 2.17 bits per heavy atom. The van der Waals surface area contributed by atoms with E-state index in [2.05, 4.69) is 20.7 Å². The van der Waals surface area contributed by atoms with Gasteiger partial charge in [0.25, 0.3) is 5.91 Å². The standard InChI is InChI=1S/C23H23N3O4/c1-29-19-13-11-17(12-14-19)25-21-6-4-3-5-20(21)22(27)24-15-16-7-9-18(10-8-16)26-23(28)30-2/h3-14,25H,15H2,1-2H3,(H,24,27)(H,26,28). The number of benzene rings is 3. The highest BCUT2D eigenvalue weighted by molar-refractivity contribution is 6.00. The molecule has 0 unspecified atom stereocenters. The smallest absolute Gasteiger partial charge is 0.411 e. The Balaban J connectivity index is 1.63. The summed E-state index contributed by atoms with van der Waals surface area (Å²) in [7, 11) is 2.92. The second kappa shape index (κ2) is 9.97. The van der Waals surface area contributed by atoms with Gasteiger partial charge >= 0.3 is 6.09 Å². The summed E-state index contributed by atoms with van der Waals surface area (Å²) in [6.07, 6.45) is -0.531. The Morgan fingerprint density at radius 2 is 1.50 bits per heavy atom. The van der Waals surface area contributed by atoms with E-state index in [9.17, 15) is 9.59 Å². The first-order chi connectivity index (χ1) is 14.6. The van der Waals surface area contributed by atoms with Crippen molar-refractivity contribution in [2.75, 3.05) is 24.9 Å². The molecule has 0 aliphatic carbocycles. The largest absolute Gasteiger partial charge is 0.497 e. The Hall–Kier alpha value is -4.00. The maximum absolute atomic E-state index is 12.7. The van der Waals surface area contributed by atoms with Gasteiger partial charge in [0.05, 0.1) is 25.5 Å². The molecule has 3 aromatic carbocycles. The molecule has 0 radical (unpaired) electrons. The molecule has 2 amide bonds. The van der Waals surface area contributed by atoms with Crippen LogP contribution in [0.4, 0.5) is 21.9 Å². The summed E-state index contributed by atoms with van der Waals surface area (Å²) >= 11 is 0. The second-order valence-electron chi connectivity index (χ2n) is 6.40. The first-order valence-corrected chi connectivity index (χ1v) is 9.31. The molecule has 30 heavy (non-hydrogen) atoms. The minimum absolute atomic E-state index is 0.191. The van der Waals surface area contributed by atoms with Crippen molar-refractivity contribution in [1.82, 2.24) is 5.32 Å². The molecule has 0 heterocycles. The highest BCUT2D eigenvalue weighted by Gasteiger charge is 2.11. The fraction of sp³-hybridized carbons (Fsp3) is 0.130. The van der Waals surface area contributed by atoms with Crippen LogP contribution in [0.15, 0.2) is 72.8 Å². The molecule has 3 rings (SSSR count). The number of hydrogen-bond donors (Lipinski definition) is 3. The second-order valence-corrected chi connectivity index (χ2v) is 6.40. The predicted octanol–water partition coefficient (Wildman–Crippen LogP) is 4.55. The topological polar surface area (TPSA) is 88.7 Å². The SMILES string of the molecule is COC(=O)Nc1ccc(CNC(=O)c2ccccc2Nc2ccc(OC)cc2)cc1. The molecule has 0 saturated carbocycles. The first kappa shape index (κ1) is 20.7. The van der Waals surface area contributed by atoms with Gasteiger partial charge < -0.3 is 20.1 Å². The Labute approximate surface area is 175 Å². The molecule has 0 bridgehead atoms. The molecular formula is C23H23N3O4. The van der Waals surface area contributed by atoms with E-state index in [0.717, 1.165) is 17.0 Å². The van der Waals surface area contributed by atoms with Crippen molar-refractivity contribution in [3.05, 3.63) is 83.9 Å². The summed E-state index contributed by atoms with van der Waals surface area (Å²) in [5.74, 6) is 0.572. The number of carbonyl (C=O) groups excluding carboxylic acids is 2. The predicted molar refractivity (Wildman–Crippen MR) is 116 cm³/mol. The van der Waals surface area contributed by atoms with E-state index in [1.165, 1.54) is 7.11 Å². The molecule has 0 aliphatic rings. The number of amides is 2. The number of para-hydroxylation sites is 1. The normalized spacial score (nSPS) is 10.1. The maximum atomic E-state index is 12.7. The fourth-order valence-corrected chi connectivity index (χ4v) is 2.77. The summed E-state index contributed by atoms with van der Waals surface area (Å²) < 4.78 is 9.73. The third kappa shape index (κ3) is 5.51. The van der Waals surface area contributed by atoms with Crippen molar-refractivity contribution in [2.24, 2.45) is 0 Å². The van der Waals surface area contributed by atoms with E-state index in [0.29, 0.717) is 23.5 Å². The molecule has 0 aromatic heterocycles. The van der Waals surface area contributed by atoms with Crippen molar-refractivity contribution in [1.29, 1.82) is 0 Å². The van der Waals surface area contributed by atoms with E-state index in [4.69, 9.17) is 4.74 Å². The highest BCUT2D eigenvalue weighted by atomic mass is 16.5. The van der Waals surface area contributed by atoms with Crippen LogP contribution in [0.3, 0.4) is 0 Å². The molecule has 7 nitrogen and oxygen atoms in total. The van der Waals surface area contributed by atoms with Crippen LogP contribution in [0.25, 0.3) is 0 Å². The molecule has 0 aliphatic heterocycles. The number of rotatable bonds is 7. The van der Waals surface area contributed by atoms with Gasteiger partial charge in [-0.1, -0.05) is 24.3 Å². The van der Waals surface area contributed by atoms with Crippen molar-refractivity contribution in [2.45, 2.75) is 6.54 Å². The molecule has 3 N–H and O–H groups in total. The molecule has 0 saturated heterocycles. The van der Waals surface area contributed by atoms with E-state index in [1.54, 1.807) is 25.3 Å². The van der Waals surface area contributed by atoms with Crippen molar-refractivity contribution >= 4 is 29.1 Å². The van der Waals surface area contributed by atoms with Crippen LogP contribution in [-0.2, 0) is 11.3 Å². The molecular weight excluding hydrogens is 382 g/mol. The average molecular weight is 405 g/mol. The van der Waals surface area contributed by atoms with Gasteiger partial charge in [0, 0.05) is 17.9 Å². The summed E-state index contributed by atoms with van der Waals surface area (Å²) in [4.78, 5) is 24.0. The zero-order valence-corrected chi connectivity index (χ0v) is 16.8. The van der Waals surface area contributed by atoms with Gasteiger partial charge in [0.2, 0.25) is 0 Å². The number of hydrogen-bond acceptors (Lipinski definition) is 5. The lowest BCUT2D eigenvalue weighted by molar-refractivity contribution is 0.0951. The van der Waals surface area contributed by atoms with Crippen LogP contribution in [0.2, 0.25) is 0 Å². The number of nitrogens with one attached hydrogen (secondary N) is 3. The zero-order valence-electron chi connectivity index (χ0n) is 16.8. The molecule has 0 spiro atoms. The molecule has 7 heteroatoms. The van der Waals surface area contributed by atoms with Crippen molar-refractivity contribution in [3.8, 4) is 5.75 Å². The zero-order chi connectivity index (χ0) is 21.3. The number of ether oxygens (including phenoxy) is 2. The number of carbonyl (C=O) groups is 2.